The Kier molecular flexibility index (Phi) is 7.04. The number of carbonyl (C=O) groups excluding carboxylic acids is 4. The van der Waals surface area contributed by atoms with Gasteiger partial charge in [-0.25, -0.2) is 13.9 Å². The number of imidazole rings is 1. The molecule has 3 heterocycles. The second kappa shape index (κ2) is 9.90. The number of unbranched alkanes of at least 4 members (excludes halogenated alkanes) is 1. The van der Waals surface area contributed by atoms with Gasteiger partial charge in [-0.15, -0.1) is 0 Å². The summed E-state index contributed by atoms with van der Waals surface area (Å²) < 4.78 is 16.4. The first kappa shape index (κ1) is 22.7. The number of hydrogen-bond donors (Lipinski definition) is 0. The Hall–Kier alpha value is -3.95. The average molecular weight is 442 g/mol. The normalized spacial score (nSPS) is 10.8. The van der Waals surface area contributed by atoms with E-state index in [0.717, 1.165) is 4.57 Å². The maximum absolute atomic E-state index is 13.1. The van der Waals surface area contributed by atoms with Crippen molar-refractivity contribution in [2.24, 2.45) is 0 Å². The van der Waals surface area contributed by atoms with Crippen LogP contribution in [0.3, 0.4) is 0 Å². The van der Waals surface area contributed by atoms with Crippen LogP contribution in [0.5, 0.6) is 0 Å². The van der Waals surface area contributed by atoms with Crippen molar-refractivity contribution in [3.8, 4) is 0 Å². The molecule has 0 atom stereocenters. The first-order valence-electron chi connectivity index (χ1n) is 10.1. The first-order valence-corrected chi connectivity index (χ1v) is 10.1. The number of nitrogens with zero attached hydrogens (tertiary/aromatic N) is 2. The highest BCUT2D eigenvalue weighted by Crippen LogP contribution is 2.17. The summed E-state index contributed by atoms with van der Waals surface area (Å²) in [5, 5.41) is 0. The van der Waals surface area contributed by atoms with E-state index in [4.69, 9.17) is 13.6 Å². The number of ether oxygens (including phenoxy) is 1. The van der Waals surface area contributed by atoms with Gasteiger partial charge >= 0.3 is 23.5 Å². The molecule has 0 aliphatic rings. The quantitative estimate of drug-likeness (QED) is 0.281. The molecule has 0 amide bonds. The number of esters is 1. The van der Waals surface area contributed by atoms with E-state index in [9.17, 15) is 24.0 Å². The highest BCUT2D eigenvalue weighted by atomic mass is 16.5. The van der Waals surface area contributed by atoms with Gasteiger partial charge in [0.25, 0.3) is 0 Å². The Balaban J connectivity index is 1.94. The van der Waals surface area contributed by atoms with E-state index in [1.807, 2.05) is 0 Å². The maximum atomic E-state index is 13.1. The van der Waals surface area contributed by atoms with E-state index >= 15 is 0 Å². The topological polar surface area (TPSA) is 131 Å². The molecule has 0 N–H and O–H groups in total. The van der Waals surface area contributed by atoms with Crippen molar-refractivity contribution >= 4 is 23.6 Å². The minimum absolute atomic E-state index is 0.00620. The SMILES string of the molecule is CCOC(=O)CCCCC(=O)c1c(C)n(C(=O)c2ccco2)c(=O)n1C(=O)c1ccco1. The molecular formula is C22H22N2O8. The second-order valence-corrected chi connectivity index (χ2v) is 6.89. The third-order valence-corrected chi connectivity index (χ3v) is 4.76. The summed E-state index contributed by atoms with van der Waals surface area (Å²) in [5.74, 6) is -2.84. The molecule has 0 fully saturated rings. The number of aromatic nitrogens is 2. The highest BCUT2D eigenvalue weighted by molar-refractivity contribution is 6.04. The van der Waals surface area contributed by atoms with Crippen LogP contribution in [0.2, 0.25) is 0 Å². The molecule has 0 aliphatic heterocycles. The maximum Gasteiger partial charge on any atom is 0.343 e. The Bertz CT molecular complexity index is 1180. The predicted molar refractivity (Wildman–Crippen MR) is 110 cm³/mol. The first-order chi connectivity index (χ1) is 15.4. The summed E-state index contributed by atoms with van der Waals surface area (Å²) in [5.41, 5.74) is -1.21. The predicted octanol–water partition coefficient (Wildman–Crippen LogP) is 2.83. The van der Waals surface area contributed by atoms with E-state index in [1.54, 1.807) is 6.92 Å². The van der Waals surface area contributed by atoms with Crippen molar-refractivity contribution in [2.75, 3.05) is 6.61 Å². The van der Waals surface area contributed by atoms with Crippen LogP contribution in [-0.4, -0.2) is 39.3 Å². The molecule has 0 spiro atoms. The number of hydrogen-bond acceptors (Lipinski definition) is 8. The fourth-order valence-electron chi connectivity index (χ4n) is 3.29. The molecule has 0 radical (unpaired) electrons. The van der Waals surface area contributed by atoms with E-state index in [1.165, 1.54) is 43.7 Å². The third kappa shape index (κ3) is 4.53. The monoisotopic (exact) mass is 442 g/mol. The Morgan fingerprint density at radius 2 is 1.47 bits per heavy atom. The number of carbonyl (C=O) groups is 4. The molecule has 3 aromatic heterocycles. The Labute approximate surface area is 182 Å². The van der Waals surface area contributed by atoms with Gasteiger partial charge in [-0.05, 0) is 51.0 Å². The lowest BCUT2D eigenvalue weighted by Crippen LogP contribution is -2.34. The number of rotatable bonds is 9. The summed E-state index contributed by atoms with van der Waals surface area (Å²) in [6, 6.07) is 5.67. The van der Waals surface area contributed by atoms with E-state index < -0.39 is 23.3 Å². The van der Waals surface area contributed by atoms with E-state index in [2.05, 4.69) is 0 Å². The summed E-state index contributed by atoms with van der Waals surface area (Å²) in [6.07, 6.45) is 3.37. The van der Waals surface area contributed by atoms with Crippen molar-refractivity contribution in [1.29, 1.82) is 0 Å². The smallest absolute Gasteiger partial charge is 0.343 e. The van der Waals surface area contributed by atoms with Crippen LogP contribution >= 0.6 is 0 Å². The van der Waals surface area contributed by atoms with Crippen LogP contribution in [0.4, 0.5) is 0 Å². The molecule has 0 saturated heterocycles. The van der Waals surface area contributed by atoms with E-state index in [-0.39, 0.29) is 48.3 Å². The van der Waals surface area contributed by atoms with Gasteiger partial charge in [0, 0.05) is 12.8 Å². The van der Waals surface area contributed by atoms with Crippen molar-refractivity contribution in [2.45, 2.75) is 39.5 Å². The van der Waals surface area contributed by atoms with Crippen LogP contribution < -0.4 is 5.69 Å². The molecule has 0 unspecified atom stereocenters. The Morgan fingerprint density at radius 1 is 0.906 bits per heavy atom. The molecule has 168 valence electrons. The molecule has 10 nitrogen and oxygen atoms in total. The minimum atomic E-state index is -1.000. The number of ketones is 1. The number of Topliss-reactive ketones (excluding diaryl/α,β-unsaturated/α-hetero) is 1. The standard InChI is InChI=1S/C22H22N2O8/c1-3-30-18(26)11-5-4-8-15(25)19-14(2)23(20(27)16-9-6-12-31-16)22(29)24(19)21(28)17-10-7-13-32-17/h6-7,9-10,12-13H,3-5,8,11H2,1-2H3. The van der Waals surface area contributed by atoms with Gasteiger partial charge in [0.2, 0.25) is 0 Å². The van der Waals surface area contributed by atoms with Gasteiger partial charge in [-0.2, -0.15) is 0 Å². The van der Waals surface area contributed by atoms with Crippen molar-refractivity contribution in [3.63, 3.8) is 0 Å². The highest BCUT2D eigenvalue weighted by Gasteiger charge is 2.31. The van der Waals surface area contributed by atoms with Crippen molar-refractivity contribution in [1.82, 2.24) is 9.13 Å². The molecule has 0 bridgehead atoms. The van der Waals surface area contributed by atoms with Crippen LogP contribution in [0.1, 0.15) is 69.9 Å². The summed E-state index contributed by atoms with van der Waals surface area (Å²) in [4.78, 5) is 63.3. The van der Waals surface area contributed by atoms with Gasteiger partial charge in [0.1, 0.15) is 5.69 Å². The molecular weight excluding hydrogens is 420 g/mol. The van der Waals surface area contributed by atoms with E-state index in [0.29, 0.717) is 17.4 Å². The lowest BCUT2D eigenvalue weighted by Gasteiger charge is -2.06. The Morgan fingerprint density at radius 3 is 2.00 bits per heavy atom. The zero-order valence-corrected chi connectivity index (χ0v) is 17.7. The lowest BCUT2D eigenvalue weighted by atomic mass is 10.1. The third-order valence-electron chi connectivity index (χ3n) is 4.76. The molecule has 0 saturated carbocycles. The summed E-state index contributed by atoms with van der Waals surface area (Å²) in [7, 11) is 0. The van der Waals surface area contributed by atoms with Crippen molar-refractivity contribution in [3.05, 3.63) is 70.2 Å². The lowest BCUT2D eigenvalue weighted by molar-refractivity contribution is -0.143. The van der Waals surface area contributed by atoms with Crippen LogP contribution in [0.25, 0.3) is 0 Å². The minimum Gasteiger partial charge on any atom is -0.466 e. The van der Waals surface area contributed by atoms with Crippen LogP contribution in [0.15, 0.2) is 50.4 Å². The van der Waals surface area contributed by atoms with Crippen LogP contribution in [-0.2, 0) is 9.53 Å². The molecule has 0 aromatic carbocycles. The van der Waals surface area contributed by atoms with Gasteiger partial charge in [-0.1, -0.05) is 0 Å². The molecule has 0 aliphatic carbocycles. The largest absolute Gasteiger partial charge is 0.466 e. The molecule has 32 heavy (non-hydrogen) atoms. The van der Waals surface area contributed by atoms with Crippen molar-refractivity contribution < 1.29 is 32.7 Å². The van der Waals surface area contributed by atoms with Gasteiger partial charge in [-0.3, -0.25) is 19.2 Å². The van der Waals surface area contributed by atoms with Gasteiger partial charge < -0.3 is 13.6 Å². The fourth-order valence-corrected chi connectivity index (χ4v) is 3.29. The number of furan rings is 2. The zero-order valence-electron chi connectivity index (χ0n) is 17.7. The summed E-state index contributed by atoms with van der Waals surface area (Å²) >= 11 is 0. The average Bonchev–Trinajstić information content (AvgIpc) is 3.51. The van der Waals surface area contributed by atoms with Crippen LogP contribution in [0, 0.1) is 6.92 Å². The summed E-state index contributed by atoms with van der Waals surface area (Å²) in [6.45, 7) is 3.38. The van der Waals surface area contributed by atoms with Gasteiger partial charge in [0.05, 0.1) is 24.8 Å². The molecule has 3 rings (SSSR count). The molecule has 10 heteroatoms. The second-order valence-electron chi connectivity index (χ2n) is 6.89. The van der Waals surface area contributed by atoms with Gasteiger partial charge in [0.15, 0.2) is 17.3 Å². The molecule has 3 aromatic rings. The zero-order chi connectivity index (χ0) is 23.3. The fraction of sp³-hybridized carbons (Fsp3) is 0.318.